The van der Waals surface area contributed by atoms with Gasteiger partial charge >= 0.3 is 0 Å². The Labute approximate surface area is 429 Å². The Balaban J connectivity index is 1.22. The van der Waals surface area contributed by atoms with Crippen LogP contribution in [0.5, 0.6) is 0 Å². The van der Waals surface area contributed by atoms with Crippen molar-refractivity contribution >= 4 is 86.2 Å². The molecule has 15 aromatic rings. The van der Waals surface area contributed by atoms with E-state index in [1.54, 1.807) is 0 Å². The van der Waals surface area contributed by atoms with E-state index in [9.17, 15) is 0 Å². The van der Waals surface area contributed by atoms with Crippen LogP contribution in [0.15, 0.2) is 279 Å². The van der Waals surface area contributed by atoms with Gasteiger partial charge in [-0.15, -0.1) is 0 Å². The monoisotopic (exact) mass is 934 g/mol. The third-order valence-electron chi connectivity index (χ3n) is 15.8. The molecule has 0 amide bonds. The van der Waals surface area contributed by atoms with E-state index in [1.165, 1.54) is 153 Å². The summed E-state index contributed by atoms with van der Waals surface area (Å²) in [6.45, 7) is 0. The summed E-state index contributed by atoms with van der Waals surface area (Å²) < 4.78 is 0. The molecule has 342 valence electrons. The molecule has 0 heterocycles. The van der Waals surface area contributed by atoms with Crippen molar-refractivity contribution in [3.63, 3.8) is 0 Å². The Kier molecular flexibility index (Phi) is 9.68. The molecule has 0 heteroatoms. The zero-order valence-electron chi connectivity index (χ0n) is 40.6. The van der Waals surface area contributed by atoms with E-state index in [4.69, 9.17) is 0 Å². The maximum Gasteiger partial charge on any atom is -0.000697 e. The van der Waals surface area contributed by atoms with Gasteiger partial charge in [0.15, 0.2) is 0 Å². The molecule has 15 aromatic carbocycles. The average Bonchev–Trinajstić information content (AvgIpc) is 3.47. The largest absolute Gasteiger partial charge is 0.0622 e. The average molecular weight is 935 g/mol. The fraction of sp³-hybridized carbons (Fsp3) is 0. The first-order valence-electron chi connectivity index (χ1n) is 25.8. The topological polar surface area (TPSA) is 0 Å². The van der Waals surface area contributed by atoms with Crippen LogP contribution < -0.4 is 0 Å². The van der Waals surface area contributed by atoms with Crippen LogP contribution in [0.2, 0.25) is 0 Å². The first-order valence-corrected chi connectivity index (χ1v) is 25.8. The summed E-state index contributed by atoms with van der Waals surface area (Å²) in [5.74, 6) is 0. The predicted molar refractivity (Wildman–Crippen MR) is 319 cm³/mol. The molecular weight excluding hydrogens is 889 g/mol. The molecule has 0 aliphatic rings. The Morgan fingerprint density at radius 2 is 0.486 bits per heavy atom. The molecule has 0 nitrogen and oxygen atoms in total. The van der Waals surface area contributed by atoms with Gasteiger partial charge in [0.05, 0.1) is 0 Å². The van der Waals surface area contributed by atoms with E-state index in [2.05, 4.69) is 279 Å². The molecule has 0 fully saturated rings. The van der Waals surface area contributed by atoms with Crippen molar-refractivity contribution in [3.8, 4) is 66.8 Å². The van der Waals surface area contributed by atoms with E-state index < -0.39 is 0 Å². The van der Waals surface area contributed by atoms with E-state index in [0.29, 0.717) is 0 Å². The number of benzene rings is 15. The van der Waals surface area contributed by atoms with Crippen molar-refractivity contribution in [2.75, 3.05) is 0 Å². The Hall–Kier alpha value is -9.62. The van der Waals surface area contributed by atoms with Crippen LogP contribution in [0.1, 0.15) is 0 Å². The lowest BCUT2D eigenvalue weighted by Gasteiger charge is -2.27. The van der Waals surface area contributed by atoms with Gasteiger partial charge in [-0.05, 0) is 165 Å². The summed E-state index contributed by atoms with van der Waals surface area (Å²) in [6, 6.07) is 104. The summed E-state index contributed by atoms with van der Waals surface area (Å²) in [5.41, 5.74) is 14.7. The Bertz CT molecular complexity index is 4630. The number of hydrogen-bond acceptors (Lipinski definition) is 0. The van der Waals surface area contributed by atoms with Crippen molar-refractivity contribution < 1.29 is 0 Å². The van der Waals surface area contributed by atoms with E-state index in [0.717, 1.165) is 0 Å². The molecule has 0 atom stereocenters. The minimum Gasteiger partial charge on any atom is -0.0622 e. The van der Waals surface area contributed by atoms with Gasteiger partial charge in [0.2, 0.25) is 0 Å². The predicted octanol–water partition coefficient (Wildman–Crippen LogP) is 20.9. The van der Waals surface area contributed by atoms with Crippen LogP contribution in [-0.2, 0) is 0 Å². The van der Waals surface area contributed by atoms with Crippen LogP contribution >= 0.6 is 0 Å². The maximum absolute atomic E-state index is 2.56. The fourth-order valence-electron chi connectivity index (χ4n) is 12.8. The van der Waals surface area contributed by atoms with E-state index in [-0.39, 0.29) is 0 Å². The van der Waals surface area contributed by atoms with Crippen molar-refractivity contribution in [1.82, 2.24) is 0 Å². The molecule has 0 aliphatic heterocycles. The lowest BCUT2D eigenvalue weighted by atomic mass is 9.76. The molecule has 0 unspecified atom stereocenters. The summed E-state index contributed by atoms with van der Waals surface area (Å²) in [5, 5.41) is 19.7. The molecule has 0 saturated carbocycles. The lowest BCUT2D eigenvalue weighted by Crippen LogP contribution is -1.99. The molecule has 74 heavy (non-hydrogen) atoms. The fourth-order valence-corrected chi connectivity index (χ4v) is 12.8. The quantitative estimate of drug-likeness (QED) is 0.146. The highest BCUT2D eigenvalue weighted by Crippen LogP contribution is 2.56. The standard InChI is InChI=1S/C74H46/c1-3-23-49(24-4-1)65-46-67(71-59-37-15-13-35-57(59)69(58-36-14-16-38-60(58)71)55-43-21-30-47-25-7-10-32-52(47)55)74(73-66(65)45-51-29-9-12-34-54(51)68(73)50-27-5-2-6-28-50)72-63-41-19-17-39-61(63)70(62-40-18-20-42-64(62)72)56-44-22-31-48-26-8-11-33-53(48)56/h1-46H. The summed E-state index contributed by atoms with van der Waals surface area (Å²) in [4.78, 5) is 0. The number of fused-ring (bicyclic) bond motifs is 8. The van der Waals surface area contributed by atoms with Crippen LogP contribution in [0.3, 0.4) is 0 Å². The smallest absolute Gasteiger partial charge is 0.000697 e. The Morgan fingerprint density at radius 1 is 0.149 bits per heavy atom. The van der Waals surface area contributed by atoms with Crippen molar-refractivity contribution in [1.29, 1.82) is 0 Å². The molecule has 0 aromatic heterocycles. The van der Waals surface area contributed by atoms with E-state index >= 15 is 0 Å². The molecule has 0 radical (unpaired) electrons. The maximum atomic E-state index is 2.56. The van der Waals surface area contributed by atoms with Gasteiger partial charge in [-0.3, -0.25) is 0 Å². The van der Waals surface area contributed by atoms with Gasteiger partial charge in [-0.25, -0.2) is 0 Å². The third-order valence-corrected chi connectivity index (χ3v) is 15.8. The van der Waals surface area contributed by atoms with Gasteiger partial charge in [0, 0.05) is 0 Å². The van der Waals surface area contributed by atoms with Gasteiger partial charge in [0.1, 0.15) is 0 Å². The van der Waals surface area contributed by atoms with Gasteiger partial charge in [-0.2, -0.15) is 0 Å². The third kappa shape index (κ3) is 6.42. The van der Waals surface area contributed by atoms with E-state index in [1.807, 2.05) is 0 Å². The molecule has 0 saturated heterocycles. The normalized spacial score (nSPS) is 11.8. The van der Waals surface area contributed by atoms with Crippen LogP contribution in [0.25, 0.3) is 153 Å². The molecule has 0 aliphatic carbocycles. The van der Waals surface area contributed by atoms with Crippen molar-refractivity contribution in [3.05, 3.63) is 279 Å². The minimum absolute atomic E-state index is 1.18. The highest BCUT2D eigenvalue weighted by Gasteiger charge is 2.28. The highest BCUT2D eigenvalue weighted by molar-refractivity contribution is 6.33. The first-order chi connectivity index (χ1) is 36.8. The minimum atomic E-state index is 1.18. The lowest BCUT2D eigenvalue weighted by molar-refractivity contribution is 1.63. The highest BCUT2D eigenvalue weighted by atomic mass is 14.3. The molecule has 0 N–H and O–H groups in total. The van der Waals surface area contributed by atoms with Gasteiger partial charge in [-0.1, -0.05) is 267 Å². The SMILES string of the molecule is c1ccc(-c2cc(-c3c4ccccc4c(-c4cccc5ccccc45)c4ccccc34)c(-c3c4ccccc4c(-c4cccc5ccccc45)c4ccccc34)c3c(-c4ccccc4)c4ccccc4cc23)cc1. The Morgan fingerprint density at radius 3 is 0.946 bits per heavy atom. The second-order valence-electron chi connectivity index (χ2n) is 19.7. The summed E-state index contributed by atoms with van der Waals surface area (Å²) in [7, 11) is 0. The van der Waals surface area contributed by atoms with Crippen molar-refractivity contribution in [2.45, 2.75) is 0 Å². The summed E-state index contributed by atoms with van der Waals surface area (Å²) >= 11 is 0. The molecular formula is C74H46. The molecule has 15 rings (SSSR count). The van der Waals surface area contributed by atoms with Crippen molar-refractivity contribution in [2.24, 2.45) is 0 Å². The second kappa shape index (κ2) is 17.0. The van der Waals surface area contributed by atoms with Crippen LogP contribution in [0.4, 0.5) is 0 Å². The second-order valence-corrected chi connectivity index (χ2v) is 19.7. The summed E-state index contributed by atoms with van der Waals surface area (Å²) in [6.07, 6.45) is 0. The van der Waals surface area contributed by atoms with Crippen LogP contribution in [-0.4, -0.2) is 0 Å². The van der Waals surface area contributed by atoms with Gasteiger partial charge < -0.3 is 0 Å². The zero-order chi connectivity index (χ0) is 48.7. The number of hydrogen-bond donors (Lipinski definition) is 0. The van der Waals surface area contributed by atoms with Gasteiger partial charge in [0.25, 0.3) is 0 Å². The number of rotatable bonds is 6. The zero-order valence-corrected chi connectivity index (χ0v) is 40.6. The van der Waals surface area contributed by atoms with Crippen LogP contribution in [0, 0.1) is 0 Å². The molecule has 0 bridgehead atoms. The molecule has 0 spiro atoms. The first kappa shape index (κ1) is 42.1.